The number of methoxy groups -OCH3 is 3. The second-order valence-corrected chi connectivity index (χ2v) is 12.5. The Morgan fingerprint density at radius 1 is 1.00 bits per heavy atom. The number of allylic oxidation sites excluding steroid dienone is 2. The van der Waals surface area contributed by atoms with Crippen LogP contribution in [0.1, 0.15) is 41.6 Å². The standard InChI is InChI=1S/C37H37N3O6/c1-35(18-16-25(43-4)17-19-35)37-30(22-10-8-7-9-11-22)29-32(36(37,42)31-27(45-6)20-26(44-5)21-28(31)46-37)38-33(39-34(29)41)23-12-14-24(15-13-23)40(2)3/h7-18,20-21,30,42H,19H2,1-6H3,(H,38,39,41)/t30-,35?,36+,37-/m1/s1. The lowest BCUT2D eigenvalue weighted by Gasteiger charge is -2.51. The topological polar surface area (TPSA) is 106 Å². The lowest BCUT2D eigenvalue weighted by molar-refractivity contribution is -0.142. The van der Waals surface area contributed by atoms with E-state index in [1.807, 2.05) is 98.7 Å². The number of aromatic nitrogens is 2. The third-order valence-electron chi connectivity index (χ3n) is 9.88. The number of nitrogens with zero attached hydrogens (tertiary/aromatic N) is 2. The highest BCUT2D eigenvalue weighted by Gasteiger charge is 2.78. The molecule has 0 saturated heterocycles. The highest BCUT2D eigenvalue weighted by molar-refractivity contribution is 5.70. The number of hydrogen-bond acceptors (Lipinski definition) is 8. The van der Waals surface area contributed by atoms with Crippen molar-refractivity contribution in [2.45, 2.75) is 30.5 Å². The number of ether oxygens (including phenoxy) is 4. The molecule has 7 rings (SSSR count). The van der Waals surface area contributed by atoms with Crippen molar-refractivity contribution in [3.63, 3.8) is 0 Å². The van der Waals surface area contributed by atoms with E-state index in [2.05, 4.69) is 4.98 Å². The van der Waals surface area contributed by atoms with E-state index in [0.717, 1.165) is 11.3 Å². The summed E-state index contributed by atoms with van der Waals surface area (Å²) in [7, 11) is 8.67. The van der Waals surface area contributed by atoms with Gasteiger partial charge in [0.15, 0.2) is 11.2 Å². The Balaban J connectivity index is 1.59. The summed E-state index contributed by atoms with van der Waals surface area (Å²) in [6.07, 6.45) is 6.35. The summed E-state index contributed by atoms with van der Waals surface area (Å²) in [5.74, 6) is 1.60. The molecule has 0 bridgehead atoms. The van der Waals surface area contributed by atoms with E-state index in [4.69, 9.17) is 23.9 Å². The molecule has 2 N–H and O–H groups in total. The Kier molecular flexibility index (Phi) is 6.79. The van der Waals surface area contributed by atoms with Gasteiger partial charge in [-0.2, -0.15) is 0 Å². The van der Waals surface area contributed by atoms with Gasteiger partial charge < -0.3 is 33.9 Å². The van der Waals surface area contributed by atoms with Gasteiger partial charge >= 0.3 is 0 Å². The average Bonchev–Trinajstić information content (AvgIpc) is 3.48. The first kappa shape index (κ1) is 29.7. The van der Waals surface area contributed by atoms with E-state index in [0.29, 0.717) is 51.9 Å². The minimum atomic E-state index is -1.93. The highest BCUT2D eigenvalue weighted by Crippen LogP contribution is 2.71. The van der Waals surface area contributed by atoms with Crippen molar-refractivity contribution in [3.05, 3.63) is 123 Å². The molecule has 0 fully saturated rings. The zero-order valence-corrected chi connectivity index (χ0v) is 26.8. The van der Waals surface area contributed by atoms with Gasteiger partial charge in [0.1, 0.15) is 28.8 Å². The van der Waals surface area contributed by atoms with Crippen molar-refractivity contribution in [2.75, 3.05) is 40.3 Å². The molecule has 4 atom stereocenters. The molecule has 1 aromatic heterocycles. The number of aromatic amines is 1. The zero-order chi connectivity index (χ0) is 32.4. The number of aliphatic hydroxyl groups is 1. The smallest absolute Gasteiger partial charge is 0.255 e. The maximum Gasteiger partial charge on any atom is 0.255 e. The summed E-state index contributed by atoms with van der Waals surface area (Å²) >= 11 is 0. The maximum absolute atomic E-state index is 14.5. The largest absolute Gasteiger partial charge is 0.497 e. The molecule has 0 amide bonds. The van der Waals surface area contributed by atoms with Crippen LogP contribution in [0.15, 0.2) is 95.5 Å². The molecule has 46 heavy (non-hydrogen) atoms. The summed E-state index contributed by atoms with van der Waals surface area (Å²) < 4.78 is 24.3. The molecular formula is C37H37N3O6. The van der Waals surface area contributed by atoms with Crippen LogP contribution in [-0.4, -0.2) is 56.1 Å². The predicted molar refractivity (Wildman–Crippen MR) is 176 cm³/mol. The molecule has 0 saturated carbocycles. The Bertz CT molecular complexity index is 1950. The lowest BCUT2D eigenvalue weighted by Crippen LogP contribution is -2.62. The van der Waals surface area contributed by atoms with Gasteiger partial charge in [0.05, 0.1) is 44.1 Å². The zero-order valence-electron chi connectivity index (χ0n) is 26.8. The normalized spacial score (nSPS) is 25.5. The fourth-order valence-electron chi connectivity index (χ4n) is 7.61. The van der Waals surface area contributed by atoms with Gasteiger partial charge in [-0.15, -0.1) is 0 Å². The molecule has 3 aliphatic rings. The summed E-state index contributed by atoms with van der Waals surface area (Å²) in [6.45, 7) is 2.05. The van der Waals surface area contributed by atoms with Crippen LogP contribution in [-0.2, 0) is 10.3 Å². The first-order valence-electron chi connectivity index (χ1n) is 15.2. The van der Waals surface area contributed by atoms with Crippen LogP contribution in [0.3, 0.4) is 0 Å². The molecule has 1 aliphatic heterocycles. The molecule has 1 unspecified atom stereocenters. The van der Waals surface area contributed by atoms with Gasteiger partial charge in [0.2, 0.25) is 0 Å². The Labute approximate surface area is 267 Å². The molecule has 3 aromatic carbocycles. The van der Waals surface area contributed by atoms with Crippen molar-refractivity contribution in [1.82, 2.24) is 9.97 Å². The van der Waals surface area contributed by atoms with Crippen LogP contribution in [0.5, 0.6) is 17.2 Å². The van der Waals surface area contributed by atoms with Crippen molar-refractivity contribution >= 4 is 5.69 Å². The highest BCUT2D eigenvalue weighted by atomic mass is 16.5. The minimum Gasteiger partial charge on any atom is -0.497 e. The summed E-state index contributed by atoms with van der Waals surface area (Å²) in [4.78, 5) is 24.6. The second-order valence-electron chi connectivity index (χ2n) is 12.5. The summed E-state index contributed by atoms with van der Waals surface area (Å²) in [6, 6.07) is 20.9. The molecule has 0 radical (unpaired) electrons. The van der Waals surface area contributed by atoms with E-state index >= 15 is 0 Å². The van der Waals surface area contributed by atoms with E-state index in [1.165, 1.54) is 0 Å². The van der Waals surface area contributed by atoms with Gasteiger partial charge in [0, 0.05) is 42.9 Å². The van der Waals surface area contributed by atoms with Crippen LogP contribution in [0.2, 0.25) is 0 Å². The third kappa shape index (κ3) is 3.91. The van der Waals surface area contributed by atoms with Gasteiger partial charge in [-0.25, -0.2) is 4.98 Å². The maximum atomic E-state index is 14.5. The van der Waals surface area contributed by atoms with Gasteiger partial charge in [-0.05, 0) is 48.4 Å². The summed E-state index contributed by atoms with van der Waals surface area (Å²) in [5.41, 5.74) is -1.12. The first-order chi connectivity index (χ1) is 22.1. The van der Waals surface area contributed by atoms with Gasteiger partial charge in [-0.3, -0.25) is 4.79 Å². The number of anilines is 1. The molecule has 236 valence electrons. The minimum absolute atomic E-state index is 0.232. The van der Waals surface area contributed by atoms with Crippen molar-refractivity contribution in [3.8, 4) is 28.6 Å². The predicted octanol–water partition coefficient (Wildman–Crippen LogP) is 5.53. The molecule has 0 spiro atoms. The SMILES string of the molecule is COC1=CCC(C)([C@@]23Oc4cc(OC)cc(OC)c4[C@]2(O)c2nc(-c4ccc(N(C)C)cc4)[nH]c(=O)c2[C@H]3c2ccccc2)C=C1. The van der Waals surface area contributed by atoms with Crippen LogP contribution in [0.25, 0.3) is 11.4 Å². The molecule has 2 aliphatic carbocycles. The Hall–Kier alpha value is -5.02. The number of H-pyrrole nitrogens is 1. The van der Waals surface area contributed by atoms with E-state index in [-0.39, 0.29) is 11.3 Å². The molecule has 2 heterocycles. The average molecular weight is 620 g/mol. The lowest BCUT2D eigenvalue weighted by atomic mass is 9.57. The fourth-order valence-corrected chi connectivity index (χ4v) is 7.61. The van der Waals surface area contributed by atoms with Crippen LogP contribution in [0.4, 0.5) is 5.69 Å². The van der Waals surface area contributed by atoms with Gasteiger partial charge in [-0.1, -0.05) is 43.3 Å². The van der Waals surface area contributed by atoms with Gasteiger partial charge in [0.25, 0.3) is 5.56 Å². The summed E-state index contributed by atoms with van der Waals surface area (Å²) in [5, 5.41) is 13.7. The Morgan fingerprint density at radius 2 is 1.74 bits per heavy atom. The number of rotatable bonds is 7. The first-order valence-corrected chi connectivity index (χ1v) is 15.2. The van der Waals surface area contributed by atoms with Crippen LogP contribution < -0.4 is 24.7 Å². The number of fused-ring (bicyclic) bond motifs is 5. The van der Waals surface area contributed by atoms with Crippen LogP contribution in [0, 0.1) is 5.41 Å². The van der Waals surface area contributed by atoms with Crippen molar-refractivity contribution in [1.29, 1.82) is 0 Å². The van der Waals surface area contributed by atoms with E-state index < -0.39 is 22.5 Å². The Morgan fingerprint density at radius 3 is 2.35 bits per heavy atom. The molecule has 9 heteroatoms. The number of nitrogens with one attached hydrogen (secondary N) is 1. The van der Waals surface area contributed by atoms with Crippen LogP contribution >= 0.6 is 0 Å². The second kappa shape index (κ2) is 10.5. The van der Waals surface area contributed by atoms with Crippen molar-refractivity contribution < 1.29 is 24.1 Å². The monoisotopic (exact) mass is 619 g/mol. The molecule has 9 nitrogen and oxygen atoms in total. The molecular weight excluding hydrogens is 582 g/mol. The van der Waals surface area contributed by atoms with E-state index in [9.17, 15) is 9.90 Å². The molecule has 4 aromatic rings. The number of hydrogen-bond donors (Lipinski definition) is 2. The third-order valence-corrected chi connectivity index (χ3v) is 9.88. The van der Waals surface area contributed by atoms with Crippen molar-refractivity contribution in [2.24, 2.45) is 5.41 Å². The quantitative estimate of drug-likeness (QED) is 0.278. The van der Waals surface area contributed by atoms with E-state index in [1.54, 1.807) is 33.5 Å². The number of benzene rings is 3. The fraction of sp³-hybridized carbons (Fsp3) is 0.297.